The Morgan fingerprint density at radius 1 is 1.11 bits per heavy atom. The van der Waals surface area contributed by atoms with Gasteiger partial charge in [0.15, 0.2) is 0 Å². The molecule has 0 unspecified atom stereocenters. The lowest BCUT2D eigenvalue weighted by Crippen LogP contribution is -2.19. The van der Waals surface area contributed by atoms with Crippen LogP contribution in [0.5, 0.6) is 0 Å². The minimum Gasteiger partial charge on any atom is -0.318 e. The lowest BCUT2D eigenvalue weighted by molar-refractivity contribution is -0.120. The van der Waals surface area contributed by atoms with Gasteiger partial charge >= 0.3 is 0 Å². The van der Waals surface area contributed by atoms with Crippen molar-refractivity contribution < 1.29 is 4.79 Å². The molecule has 1 atom stereocenters. The number of nitrogens with one attached hydrogen (secondary N) is 1. The summed E-state index contributed by atoms with van der Waals surface area (Å²) in [7, 11) is 0. The lowest BCUT2D eigenvalue weighted by atomic mass is 9.98. The zero-order valence-corrected chi connectivity index (χ0v) is 10.9. The monoisotopic (exact) mass is 253 g/mol. The number of hydrogen-bond acceptors (Lipinski definition) is 2. The molecule has 1 N–H and O–H groups in total. The molecule has 0 saturated carbocycles. The number of nitrogens with zero attached hydrogens (tertiary/aromatic N) is 2. The maximum Gasteiger partial charge on any atom is 0.253 e. The molecule has 0 bridgehead atoms. The first-order valence-corrected chi connectivity index (χ1v) is 6.26. The van der Waals surface area contributed by atoms with Gasteiger partial charge < -0.3 is 4.57 Å². The van der Waals surface area contributed by atoms with E-state index in [-0.39, 0.29) is 11.8 Å². The Labute approximate surface area is 111 Å². The minimum absolute atomic E-state index is 0.0742. The molecule has 2 aromatic rings. The molecule has 4 nitrogen and oxygen atoms in total. The number of amides is 1. The topological polar surface area (TPSA) is 46.4 Å². The van der Waals surface area contributed by atoms with Crippen LogP contribution >= 0.6 is 0 Å². The van der Waals surface area contributed by atoms with Gasteiger partial charge in [0.1, 0.15) is 5.92 Å². The van der Waals surface area contributed by atoms with Gasteiger partial charge in [-0.2, -0.15) is 5.10 Å². The van der Waals surface area contributed by atoms with Crippen molar-refractivity contribution >= 4 is 12.1 Å². The van der Waals surface area contributed by atoms with E-state index in [9.17, 15) is 4.79 Å². The van der Waals surface area contributed by atoms with Crippen molar-refractivity contribution in [2.24, 2.45) is 5.10 Å². The Kier molecular flexibility index (Phi) is 2.71. The summed E-state index contributed by atoms with van der Waals surface area (Å²) in [5.74, 6) is -0.382. The van der Waals surface area contributed by atoms with Crippen molar-refractivity contribution in [3.8, 4) is 5.69 Å². The van der Waals surface area contributed by atoms with E-state index < -0.39 is 0 Å². The predicted molar refractivity (Wildman–Crippen MR) is 74.6 cm³/mol. The van der Waals surface area contributed by atoms with Gasteiger partial charge in [0.2, 0.25) is 0 Å². The number of hydrogen-bond donors (Lipinski definition) is 1. The molecule has 2 heterocycles. The van der Waals surface area contributed by atoms with E-state index >= 15 is 0 Å². The fraction of sp³-hybridized carbons (Fsp3) is 0.200. The first-order valence-electron chi connectivity index (χ1n) is 6.26. The van der Waals surface area contributed by atoms with Crippen LogP contribution in [-0.4, -0.2) is 16.7 Å². The number of hydrazone groups is 1. The van der Waals surface area contributed by atoms with Gasteiger partial charge in [-0.3, -0.25) is 4.79 Å². The van der Waals surface area contributed by atoms with Crippen LogP contribution in [0.3, 0.4) is 0 Å². The van der Waals surface area contributed by atoms with E-state index in [4.69, 9.17) is 0 Å². The van der Waals surface area contributed by atoms with Crippen LogP contribution in [-0.2, 0) is 4.79 Å². The maximum atomic E-state index is 11.8. The van der Waals surface area contributed by atoms with Crippen LogP contribution in [0.2, 0.25) is 0 Å². The number of carbonyl (C=O) groups is 1. The molecule has 1 aromatic carbocycles. The third-order valence-electron chi connectivity index (χ3n) is 3.46. The summed E-state index contributed by atoms with van der Waals surface area (Å²) >= 11 is 0. The molecule has 1 aromatic heterocycles. The summed E-state index contributed by atoms with van der Waals surface area (Å²) in [5.41, 5.74) is 6.81. The molecule has 96 valence electrons. The SMILES string of the molecule is Cc1ccc(C)n1-c1ccccc1[C@H]1C=NNC1=O. The van der Waals surface area contributed by atoms with Crippen LogP contribution in [0.25, 0.3) is 5.69 Å². The molecular formula is C15H15N3O. The van der Waals surface area contributed by atoms with Crippen molar-refractivity contribution in [2.45, 2.75) is 19.8 Å². The fourth-order valence-corrected chi connectivity index (χ4v) is 2.54. The molecule has 0 saturated heterocycles. The van der Waals surface area contributed by atoms with Gasteiger partial charge in [0, 0.05) is 23.3 Å². The molecule has 3 rings (SSSR count). The molecule has 0 aliphatic carbocycles. The van der Waals surface area contributed by atoms with Gasteiger partial charge in [-0.25, -0.2) is 5.43 Å². The molecule has 1 aliphatic rings. The number of rotatable bonds is 2. The fourth-order valence-electron chi connectivity index (χ4n) is 2.54. The first-order chi connectivity index (χ1) is 9.18. The summed E-state index contributed by atoms with van der Waals surface area (Å²) in [4.78, 5) is 11.8. The third kappa shape index (κ3) is 1.85. The Morgan fingerprint density at radius 3 is 2.42 bits per heavy atom. The highest BCUT2D eigenvalue weighted by Crippen LogP contribution is 2.27. The molecule has 0 spiro atoms. The highest BCUT2D eigenvalue weighted by Gasteiger charge is 2.25. The van der Waals surface area contributed by atoms with Crippen molar-refractivity contribution in [3.05, 3.63) is 53.3 Å². The summed E-state index contributed by atoms with van der Waals surface area (Å²) in [6, 6.07) is 12.1. The number of para-hydroxylation sites is 1. The van der Waals surface area contributed by atoms with Gasteiger partial charge in [-0.15, -0.1) is 0 Å². The highest BCUT2D eigenvalue weighted by molar-refractivity contribution is 6.03. The average Bonchev–Trinajstić information content (AvgIpc) is 2.96. The maximum absolute atomic E-state index is 11.8. The second-order valence-electron chi connectivity index (χ2n) is 4.74. The number of aromatic nitrogens is 1. The zero-order chi connectivity index (χ0) is 13.4. The minimum atomic E-state index is -0.308. The second-order valence-corrected chi connectivity index (χ2v) is 4.74. The average molecular weight is 253 g/mol. The summed E-state index contributed by atoms with van der Waals surface area (Å²) in [6.07, 6.45) is 1.66. The van der Waals surface area contributed by atoms with Crippen molar-refractivity contribution in [2.75, 3.05) is 0 Å². The van der Waals surface area contributed by atoms with Gasteiger partial charge in [-0.1, -0.05) is 18.2 Å². The van der Waals surface area contributed by atoms with E-state index in [1.165, 1.54) is 0 Å². The molecule has 1 amide bonds. The molecule has 19 heavy (non-hydrogen) atoms. The Balaban J connectivity index is 2.18. The third-order valence-corrected chi connectivity index (χ3v) is 3.46. The van der Waals surface area contributed by atoms with Crippen LogP contribution in [0.1, 0.15) is 22.9 Å². The molecule has 4 heteroatoms. The van der Waals surface area contributed by atoms with E-state index in [2.05, 4.69) is 41.1 Å². The van der Waals surface area contributed by atoms with Gasteiger partial charge in [0.05, 0.1) is 0 Å². The van der Waals surface area contributed by atoms with Gasteiger partial charge in [0.25, 0.3) is 5.91 Å². The van der Waals surface area contributed by atoms with Crippen molar-refractivity contribution in [1.82, 2.24) is 9.99 Å². The normalized spacial score (nSPS) is 17.8. The van der Waals surface area contributed by atoms with E-state index in [1.807, 2.05) is 24.3 Å². The predicted octanol–water partition coefficient (Wildman–Crippen LogP) is 2.29. The number of aryl methyl sites for hydroxylation is 2. The molecular weight excluding hydrogens is 238 g/mol. The summed E-state index contributed by atoms with van der Waals surface area (Å²) < 4.78 is 2.16. The zero-order valence-electron chi connectivity index (χ0n) is 10.9. The smallest absolute Gasteiger partial charge is 0.253 e. The second kappa shape index (κ2) is 4.39. The Hall–Kier alpha value is -2.36. The van der Waals surface area contributed by atoms with E-state index in [0.717, 1.165) is 22.6 Å². The standard InChI is InChI=1S/C15H15N3O/c1-10-7-8-11(2)18(10)14-6-4-3-5-12(14)13-9-16-17-15(13)19/h3-9,13H,1-2H3,(H,17,19)/t13-/m1/s1. The molecule has 0 fully saturated rings. The highest BCUT2D eigenvalue weighted by atomic mass is 16.2. The Bertz CT molecular complexity index is 650. The summed E-state index contributed by atoms with van der Waals surface area (Å²) in [6.45, 7) is 4.12. The lowest BCUT2D eigenvalue weighted by Gasteiger charge is -2.16. The number of benzene rings is 1. The largest absolute Gasteiger partial charge is 0.318 e. The molecule has 1 aliphatic heterocycles. The van der Waals surface area contributed by atoms with Crippen LogP contribution in [0, 0.1) is 13.8 Å². The van der Waals surface area contributed by atoms with Crippen molar-refractivity contribution in [1.29, 1.82) is 0 Å². The quantitative estimate of drug-likeness (QED) is 0.877. The Morgan fingerprint density at radius 2 is 1.79 bits per heavy atom. The summed E-state index contributed by atoms with van der Waals surface area (Å²) in [5, 5.41) is 3.86. The van der Waals surface area contributed by atoms with Crippen LogP contribution in [0.4, 0.5) is 0 Å². The van der Waals surface area contributed by atoms with Crippen LogP contribution < -0.4 is 5.43 Å². The van der Waals surface area contributed by atoms with Gasteiger partial charge in [-0.05, 0) is 37.6 Å². The van der Waals surface area contributed by atoms with Crippen molar-refractivity contribution in [3.63, 3.8) is 0 Å². The van der Waals surface area contributed by atoms with Crippen LogP contribution in [0.15, 0.2) is 41.5 Å². The first kappa shape index (κ1) is 11.7. The van der Waals surface area contributed by atoms with E-state index in [1.54, 1.807) is 6.21 Å². The molecule has 0 radical (unpaired) electrons. The van der Waals surface area contributed by atoms with E-state index in [0.29, 0.717) is 0 Å². The number of carbonyl (C=O) groups excluding carboxylic acids is 1.